The summed E-state index contributed by atoms with van der Waals surface area (Å²) in [5, 5.41) is 22.5. The van der Waals surface area contributed by atoms with Gasteiger partial charge in [-0.2, -0.15) is 5.10 Å². The van der Waals surface area contributed by atoms with E-state index in [0.717, 1.165) is 17.3 Å². The number of benzene rings is 2. The van der Waals surface area contributed by atoms with Gasteiger partial charge in [-0.1, -0.05) is 35.5 Å². The number of nitrogens with one attached hydrogen (secondary N) is 2. The van der Waals surface area contributed by atoms with Gasteiger partial charge in [-0.05, 0) is 48.9 Å². The van der Waals surface area contributed by atoms with Crippen molar-refractivity contribution in [2.45, 2.75) is 18.6 Å². The number of halogens is 1. The van der Waals surface area contributed by atoms with Crippen molar-refractivity contribution < 1.29 is 19.5 Å². The summed E-state index contributed by atoms with van der Waals surface area (Å²) < 4.78 is 0. The number of thioether (sulfide) groups is 1. The third-order valence-corrected chi connectivity index (χ3v) is 5.44. The highest BCUT2D eigenvalue weighted by Gasteiger charge is 2.30. The molecule has 3 rings (SSSR count). The van der Waals surface area contributed by atoms with Crippen LogP contribution in [0.4, 0.5) is 5.69 Å². The molecule has 1 atom stereocenters. The Balaban J connectivity index is 1.68. The van der Waals surface area contributed by atoms with Crippen LogP contribution in [0.3, 0.4) is 0 Å². The van der Waals surface area contributed by atoms with Crippen molar-refractivity contribution in [1.29, 1.82) is 0 Å². The van der Waals surface area contributed by atoms with Crippen molar-refractivity contribution in [1.82, 2.24) is 5.32 Å². The molecule has 0 aromatic heterocycles. The topological polar surface area (TPSA) is 120 Å². The first kappa shape index (κ1) is 21.5. The maximum atomic E-state index is 12.5. The summed E-state index contributed by atoms with van der Waals surface area (Å²) in [7, 11) is 0. The normalized spacial score (nSPS) is 18.1. The lowest BCUT2D eigenvalue weighted by molar-refractivity contribution is -0.123. The Morgan fingerprint density at radius 1 is 1.13 bits per heavy atom. The molecule has 0 unspecified atom stereocenters. The van der Waals surface area contributed by atoms with Gasteiger partial charge in [0.25, 0.3) is 0 Å². The average molecular weight is 445 g/mol. The molecule has 1 aliphatic heterocycles. The number of hydrogen-bond donors (Lipinski definition) is 3. The van der Waals surface area contributed by atoms with Crippen LogP contribution in [0.2, 0.25) is 5.02 Å². The van der Waals surface area contributed by atoms with Gasteiger partial charge in [0.15, 0.2) is 5.17 Å². The van der Waals surface area contributed by atoms with Crippen molar-refractivity contribution in [2.24, 2.45) is 10.2 Å². The Labute approximate surface area is 181 Å². The number of amidine groups is 1. The summed E-state index contributed by atoms with van der Waals surface area (Å²) in [4.78, 5) is 35.4. The molecule has 2 aromatic carbocycles. The SMILES string of the molecule is C/C(=N/N=C1/NC(=O)C[C@H](C(=O)Nc2ccc(C(=O)O)cc2)S1)c1ccc(Cl)cc1. The lowest BCUT2D eigenvalue weighted by Gasteiger charge is -2.21. The fourth-order valence-corrected chi connectivity index (χ4v) is 3.58. The number of carbonyl (C=O) groups excluding carboxylic acids is 2. The van der Waals surface area contributed by atoms with Crippen molar-refractivity contribution in [2.75, 3.05) is 5.32 Å². The molecular formula is C20H17ClN4O4S. The Morgan fingerprint density at radius 2 is 1.77 bits per heavy atom. The Hall–Kier alpha value is -3.17. The van der Waals surface area contributed by atoms with E-state index in [9.17, 15) is 14.4 Å². The number of aromatic carboxylic acids is 1. The molecule has 1 aliphatic rings. The molecule has 2 aromatic rings. The highest BCUT2D eigenvalue weighted by Crippen LogP contribution is 2.23. The van der Waals surface area contributed by atoms with E-state index in [0.29, 0.717) is 16.4 Å². The minimum atomic E-state index is -1.05. The van der Waals surface area contributed by atoms with E-state index in [1.807, 2.05) is 0 Å². The number of amides is 2. The molecule has 30 heavy (non-hydrogen) atoms. The monoisotopic (exact) mass is 444 g/mol. The summed E-state index contributed by atoms with van der Waals surface area (Å²) in [6, 6.07) is 12.8. The predicted octanol–water partition coefficient (Wildman–Crippen LogP) is 3.38. The molecule has 1 fully saturated rings. The zero-order valence-corrected chi connectivity index (χ0v) is 17.3. The largest absolute Gasteiger partial charge is 0.478 e. The number of hydrogen-bond acceptors (Lipinski definition) is 6. The fraction of sp³-hybridized carbons (Fsp3) is 0.150. The Morgan fingerprint density at radius 3 is 2.40 bits per heavy atom. The second-order valence-electron chi connectivity index (χ2n) is 6.33. The first-order chi connectivity index (χ1) is 14.3. The van der Waals surface area contributed by atoms with Gasteiger partial charge < -0.3 is 15.7 Å². The van der Waals surface area contributed by atoms with Crippen LogP contribution in [0.5, 0.6) is 0 Å². The number of nitrogens with zero attached hydrogens (tertiary/aromatic N) is 2. The van der Waals surface area contributed by atoms with Crippen molar-refractivity contribution in [3.63, 3.8) is 0 Å². The van der Waals surface area contributed by atoms with Crippen LogP contribution in [-0.2, 0) is 9.59 Å². The second kappa shape index (κ2) is 9.55. The zero-order chi connectivity index (χ0) is 21.7. The molecule has 0 saturated carbocycles. The van der Waals surface area contributed by atoms with E-state index in [1.54, 1.807) is 31.2 Å². The van der Waals surface area contributed by atoms with Gasteiger partial charge in [0.2, 0.25) is 11.8 Å². The summed E-state index contributed by atoms with van der Waals surface area (Å²) in [5.41, 5.74) is 2.00. The van der Waals surface area contributed by atoms with Gasteiger partial charge in [-0.15, -0.1) is 5.10 Å². The molecule has 2 amide bonds. The molecule has 0 bridgehead atoms. The summed E-state index contributed by atoms with van der Waals surface area (Å²) in [6.07, 6.45) is -0.0113. The third-order valence-electron chi connectivity index (χ3n) is 4.12. The van der Waals surface area contributed by atoms with Gasteiger partial charge in [0.05, 0.1) is 11.3 Å². The van der Waals surface area contributed by atoms with Gasteiger partial charge in [0.1, 0.15) is 5.25 Å². The highest BCUT2D eigenvalue weighted by molar-refractivity contribution is 8.15. The van der Waals surface area contributed by atoms with Crippen LogP contribution >= 0.6 is 23.4 Å². The van der Waals surface area contributed by atoms with Crippen molar-refractivity contribution in [3.05, 3.63) is 64.7 Å². The Bertz CT molecular complexity index is 1040. The fourth-order valence-electron chi connectivity index (χ4n) is 2.53. The maximum absolute atomic E-state index is 12.5. The van der Waals surface area contributed by atoms with E-state index < -0.39 is 11.2 Å². The van der Waals surface area contributed by atoms with Crippen LogP contribution in [0.15, 0.2) is 58.7 Å². The Kier molecular flexibility index (Phi) is 6.86. The molecule has 1 heterocycles. The van der Waals surface area contributed by atoms with Crippen molar-refractivity contribution >= 4 is 57.7 Å². The molecule has 3 N–H and O–H groups in total. The van der Waals surface area contributed by atoms with Crippen LogP contribution in [-0.4, -0.2) is 39.0 Å². The van der Waals surface area contributed by atoms with Gasteiger partial charge in [-0.25, -0.2) is 4.79 Å². The molecular weight excluding hydrogens is 428 g/mol. The van der Waals surface area contributed by atoms with E-state index in [-0.39, 0.29) is 29.0 Å². The van der Waals surface area contributed by atoms with E-state index in [2.05, 4.69) is 20.8 Å². The van der Waals surface area contributed by atoms with Gasteiger partial charge >= 0.3 is 5.97 Å². The predicted molar refractivity (Wildman–Crippen MR) is 117 cm³/mol. The van der Waals surface area contributed by atoms with E-state index in [4.69, 9.17) is 16.7 Å². The molecule has 0 aliphatic carbocycles. The van der Waals surface area contributed by atoms with Crippen LogP contribution < -0.4 is 10.6 Å². The van der Waals surface area contributed by atoms with Crippen LogP contribution in [0.25, 0.3) is 0 Å². The number of carboxylic acids is 1. The zero-order valence-electron chi connectivity index (χ0n) is 15.8. The molecule has 10 heteroatoms. The molecule has 154 valence electrons. The first-order valence-corrected chi connectivity index (χ1v) is 10.1. The summed E-state index contributed by atoms with van der Waals surface area (Å²) >= 11 is 6.97. The third kappa shape index (κ3) is 5.68. The van der Waals surface area contributed by atoms with E-state index in [1.165, 1.54) is 24.3 Å². The van der Waals surface area contributed by atoms with Crippen molar-refractivity contribution in [3.8, 4) is 0 Å². The quantitative estimate of drug-likeness (QED) is 0.482. The average Bonchev–Trinajstić information content (AvgIpc) is 2.72. The standard InChI is InChI=1S/C20H17ClN4O4S/c1-11(12-2-6-14(21)7-3-12)24-25-20-23-17(26)10-16(30-20)18(27)22-15-8-4-13(5-9-15)19(28)29/h2-9,16H,10H2,1H3,(H,22,27)(H,28,29)(H,23,25,26)/b24-11-/t16-/m1/s1. The number of rotatable bonds is 5. The number of carbonyl (C=O) groups is 3. The molecule has 0 spiro atoms. The highest BCUT2D eigenvalue weighted by atomic mass is 35.5. The van der Waals surface area contributed by atoms with Gasteiger partial charge in [0, 0.05) is 17.1 Å². The molecule has 0 radical (unpaired) electrons. The minimum absolute atomic E-state index is 0.0113. The maximum Gasteiger partial charge on any atom is 0.335 e. The first-order valence-electron chi connectivity index (χ1n) is 8.81. The lowest BCUT2D eigenvalue weighted by atomic mass is 10.1. The van der Waals surface area contributed by atoms with Gasteiger partial charge in [-0.3, -0.25) is 9.59 Å². The number of carboxylic acid groups (broad SMARTS) is 1. The van der Waals surface area contributed by atoms with Crippen LogP contribution in [0, 0.1) is 0 Å². The lowest BCUT2D eigenvalue weighted by Crippen LogP contribution is -2.41. The molecule has 1 saturated heterocycles. The minimum Gasteiger partial charge on any atom is -0.478 e. The second-order valence-corrected chi connectivity index (χ2v) is 7.96. The summed E-state index contributed by atoms with van der Waals surface area (Å²) in [5.74, 6) is -1.78. The smallest absolute Gasteiger partial charge is 0.335 e. The van der Waals surface area contributed by atoms with E-state index >= 15 is 0 Å². The van der Waals surface area contributed by atoms with Crippen LogP contribution in [0.1, 0.15) is 29.3 Å². The number of anilines is 1. The molecule has 8 nitrogen and oxygen atoms in total. The summed E-state index contributed by atoms with van der Waals surface area (Å²) in [6.45, 7) is 1.77.